The van der Waals surface area contributed by atoms with E-state index in [1.165, 1.54) is 0 Å². The molecule has 2 aromatic rings. The van der Waals surface area contributed by atoms with Crippen molar-refractivity contribution in [1.29, 1.82) is 0 Å². The molecule has 0 aliphatic heterocycles. The van der Waals surface area contributed by atoms with Crippen LogP contribution in [0.15, 0.2) is 42.5 Å². The van der Waals surface area contributed by atoms with Crippen molar-refractivity contribution in [2.45, 2.75) is 6.61 Å². The molecule has 0 heterocycles. The van der Waals surface area contributed by atoms with Crippen LogP contribution >= 0.6 is 0 Å². The Bertz CT molecular complexity index is 563. The molecule has 0 spiro atoms. The molecule has 3 nitrogen and oxygen atoms in total. The molecule has 0 unspecified atom stereocenters. The zero-order valence-corrected chi connectivity index (χ0v) is 11.7. The van der Waals surface area contributed by atoms with Crippen LogP contribution in [0.3, 0.4) is 0 Å². The SMILES string of the molecule is COc1cc(/C=C/c2ccc(CO)cc2)cc(OC)c1. The zero-order chi connectivity index (χ0) is 14.4. The molecule has 0 radical (unpaired) electrons. The monoisotopic (exact) mass is 270 g/mol. The van der Waals surface area contributed by atoms with Gasteiger partial charge in [0, 0.05) is 6.07 Å². The quantitative estimate of drug-likeness (QED) is 0.847. The van der Waals surface area contributed by atoms with Crippen molar-refractivity contribution in [3.63, 3.8) is 0 Å². The lowest BCUT2D eigenvalue weighted by molar-refractivity contribution is 0.282. The standard InChI is InChI=1S/C17H18O3/c1-19-16-9-15(10-17(11-16)20-2)8-5-13-3-6-14(12-18)7-4-13/h3-11,18H,12H2,1-2H3/b8-5+. The minimum absolute atomic E-state index is 0.0665. The van der Waals surface area contributed by atoms with Crippen molar-refractivity contribution < 1.29 is 14.6 Å². The Morgan fingerprint density at radius 2 is 1.40 bits per heavy atom. The topological polar surface area (TPSA) is 38.7 Å². The van der Waals surface area contributed by atoms with Gasteiger partial charge in [0.25, 0.3) is 0 Å². The molecule has 0 fully saturated rings. The third-order valence-electron chi connectivity index (χ3n) is 3.00. The van der Waals surface area contributed by atoms with E-state index in [1.807, 2.05) is 54.6 Å². The molecule has 2 rings (SSSR count). The molecule has 0 aliphatic carbocycles. The molecule has 20 heavy (non-hydrogen) atoms. The maximum absolute atomic E-state index is 9.01. The second-order valence-electron chi connectivity index (χ2n) is 4.38. The third kappa shape index (κ3) is 3.62. The van der Waals surface area contributed by atoms with E-state index in [9.17, 15) is 0 Å². The van der Waals surface area contributed by atoms with Gasteiger partial charge in [-0.2, -0.15) is 0 Å². The first-order chi connectivity index (χ1) is 9.75. The van der Waals surface area contributed by atoms with Crippen molar-refractivity contribution in [1.82, 2.24) is 0 Å². The summed E-state index contributed by atoms with van der Waals surface area (Å²) in [6.45, 7) is 0.0665. The smallest absolute Gasteiger partial charge is 0.123 e. The highest BCUT2D eigenvalue weighted by molar-refractivity contribution is 5.71. The fourth-order valence-corrected chi connectivity index (χ4v) is 1.85. The Hall–Kier alpha value is -2.26. The summed E-state index contributed by atoms with van der Waals surface area (Å²) in [6, 6.07) is 13.5. The van der Waals surface area contributed by atoms with Crippen LogP contribution in [-0.4, -0.2) is 19.3 Å². The summed E-state index contributed by atoms with van der Waals surface area (Å²) in [5, 5.41) is 9.01. The first-order valence-corrected chi connectivity index (χ1v) is 6.36. The zero-order valence-electron chi connectivity index (χ0n) is 11.7. The lowest BCUT2D eigenvalue weighted by atomic mass is 10.1. The van der Waals surface area contributed by atoms with Crippen molar-refractivity contribution in [3.05, 3.63) is 59.2 Å². The van der Waals surface area contributed by atoms with Gasteiger partial charge in [0.1, 0.15) is 11.5 Å². The Kier molecular flexibility index (Phi) is 4.80. The second kappa shape index (κ2) is 6.78. The maximum Gasteiger partial charge on any atom is 0.123 e. The number of rotatable bonds is 5. The summed E-state index contributed by atoms with van der Waals surface area (Å²) in [7, 11) is 3.27. The van der Waals surface area contributed by atoms with E-state index in [0.29, 0.717) is 0 Å². The molecule has 104 valence electrons. The molecule has 0 saturated heterocycles. The molecule has 0 aromatic heterocycles. The lowest BCUT2D eigenvalue weighted by Crippen LogP contribution is -1.88. The number of benzene rings is 2. The van der Waals surface area contributed by atoms with Gasteiger partial charge in [-0.15, -0.1) is 0 Å². The van der Waals surface area contributed by atoms with E-state index < -0.39 is 0 Å². The fourth-order valence-electron chi connectivity index (χ4n) is 1.85. The number of ether oxygens (including phenoxy) is 2. The predicted molar refractivity (Wildman–Crippen MR) is 80.8 cm³/mol. The lowest BCUT2D eigenvalue weighted by Gasteiger charge is -2.05. The van der Waals surface area contributed by atoms with Crippen LogP contribution in [0.5, 0.6) is 11.5 Å². The molecule has 3 heteroatoms. The van der Waals surface area contributed by atoms with Crippen molar-refractivity contribution in [3.8, 4) is 11.5 Å². The minimum Gasteiger partial charge on any atom is -0.497 e. The molecule has 0 aliphatic rings. The first-order valence-electron chi connectivity index (χ1n) is 6.36. The average Bonchev–Trinajstić information content (AvgIpc) is 2.53. The highest BCUT2D eigenvalue weighted by atomic mass is 16.5. The summed E-state index contributed by atoms with van der Waals surface area (Å²) in [5.74, 6) is 1.53. The summed E-state index contributed by atoms with van der Waals surface area (Å²) >= 11 is 0. The summed E-state index contributed by atoms with van der Waals surface area (Å²) < 4.78 is 10.5. The second-order valence-corrected chi connectivity index (χ2v) is 4.38. The van der Waals surface area contributed by atoms with Gasteiger partial charge in [0.15, 0.2) is 0 Å². The van der Waals surface area contributed by atoms with E-state index in [1.54, 1.807) is 14.2 Å². The molecule has 0 bridgehead atoms. The van der Waals surface area contributed by atoms with Crippen LogP contribution in [0, 0.1) is 0 Å². The van der Waals surface area contributed by atoms with E-state index in [0.717, 1.165) is 28.2 Å². The van der Waals surface area contributed by atoms with Crippen LogP contribution in [-0.2, 0) is 6.61 Å². The van der Waals surface area contributed by atoms with Gasteiger partial charge >= 0.3 is 0 Å². The molecule has 1 N–H and O–H groups in total. The van der Waals surface area contributed by atoms with Gasteiger partial charge < -0.3 is 14.6 Å². The van der Waals surface area contributed by atoms with Crippen LogP contribution in [0.25, 0.3) is 12.2 Å². The first kappa shape index (κ1) is 14.2. The van der Waals surface area contributed by atoms with Crippen molar-refractivity contribution in [2.75, 3.05) is 14.2 Å². The highest BCUT2D eigenvalue weighted by Crippen LogP contribution is 2.23. The molecular formula is C17H18O3. The number of aliphatic hydroxyl groups excluding tert-OH is 1. The van der Waals surface area contributed by atoms with E-state index >= 15 is 0 Å². The van der Waals surface area contributed by atoms with E-state index in [4.69, 9.17) is 14.6 Å². The Morgan fingerprint density at radius 1 is 0.850 bits per heavy atom. The fraction of sp³-hybridized carbons (Fsp3) is 0.176. The summed E-state index contributed by atoms with van der Waals surface area (Å²) in [5.41, 5.74) is 2.99. The summed E-state index contributed by atoms with van der Waals surface area (Å²) in [4.78, 5) is 0. The minimum atomic E-state index is 0.0665. The summed E-state index contributed by atoms with van der Waals surface area (Å²) in [6.07, 6.45) is 4.01. The molecule has 2 aromatic carbocycles. The Balaban J connectivity index is 2.21. The number of hydrogen-bond acceptors (Lipinski definition) is 3. The maximum atomic E-state index is 9.01. The van der Waals surface area contributed by atoms with Crippen LogP contribution in [0.4, 0.5) is 0 Å². The number of hydrogen-bond donors (Lipinski definition) is 1. The van der Waals surface area contributed by atoms with Gasteiger partial charge in [0.2, 0.25) is 0 Å². The Morgan fingerprint density at radius 3 is 1.90 bits per heavy atom. The molecule has 0 amide bonds. The predicted octanol–water partition coefficient (Wildman–Crippen LogP) is 3.37. The number of aliphatic hydroxyl groups is 1. The van der Waals surface area contributed by atoms with Gasteiger partial charge in [-0.25, -0.2) is 0 Å². The average molecular weight is 270 g/mol. The Labute approximate surface area is 119 Å². The van der Waals surface area contributed by atoms with Gasteiger partial charge in [0.05, 0.1) is 20.8 Å². The highest BCUT2D eigenvalue weighted by Gasteiger charge is 1.99. The van der Waals surface area contributed by atoms with Crippen molar-refractivity contribution >= 4 is 12.2 Å². The van der Waals surface area contributed by atoms with E-state index in [2.05, 4.69) is 0 Å². The van der Waals surface area contributed by atoms with Gasteiger partial charge in [-0.1, -0.05) is 36.4 Å². The third-order valence-corrected chi connectivity index (χ3v) is 3.00. The van der Waals surface area contributed by atoms with Crippen LogP contribution < -0.4 is 9.47 Å². The van der Waals surface area contributed by atoms with Crippen LogP contribution in [0.2, 0.25) is 0 Å². The molecule has 0 saturated carbocycles. The van der Waals surface area contributed by atoms with Gasteiger partial charge in [-0.3, -0.25) is 0 Å². The number of methoxy groups -OCH3 is 2. The van der Waals surface area contributed by atoms with Crippen molar-refractivity contribution in [2.24, 2.45) is 0 Å². The molecule has 0 atom stereocenters. The van der Waals surface area contributed by atoms with E-state index in [-0.39, 0.29) is 6.61 Å². The molecular weight excluding hydrogens is 252 g/mol. The largest absolute Gasteiger partial charge is 0.497 e. The van der Waals surface area contributed by atoms with Gasteiger partial charge in [-0.05, 0) is 28.8 Å². The van der Waals surface area contributed by atoms with Crippen LogP contribution in [0.1, 0.15) is 16.7 Å². The normalized spacial score (nSPS) is 10.8.